The van der Waals surface area contributed by atoms with Crippen LogP contribution in [0, 0.1) is 0 Å². The zero-order chi connectivity index (χ0) is 10.8. The average Bonchev–Trinajstić information content (AvgIpc) is 2.21. The van der Waals surface area contributed by atoms with Crippen molar-refractivity contribution in [2.24, 2.45) is 0 Å². The highest BCUT2D eigenvalue weighted by atomic mass is 16.6. The largest absolute Gasteiger partial charge is 0.490 e. The van der Waals surface area contributed by atoms with Crippen LogP contribution in [0.3, 0.4) is 0 Å². The number of ether oxygens (including phenoxy) is 2. The van der Waals surface area contributed by atoms with Gasteiger partial charge in [0.05, 0.1) is 13.7 Å². The van der Waals surface area contributed by atoms with Crippen LogP contribution in [-0.2, 0) is 14.3 Å². The van der Waals surface area contributed by atoms with Gasteiger partial charge in [-0.05, 0) is 25.8 Å². The Bertz CT molecular complexity index is 177. The highest BCUT2D eigenvalue weighted by molar-refractivity contribution is 5.85. The Morgan fingerprint density at radius 3 is 2.50 bits per heavy atom. The first-order valence-electron chi connectivity index (χ1n) is 4.73. The summed E-state index contributed by atoms with van der Waals surface area (Å²) in [6.45, 7) is 3.98. The maximum absolute atomic E-state index is 11.0. The summed E-state index contributed by atoms with van der Waals surface area (Å²) in [5.74, 6) is -0.477. The highest BCUT2D eigenvalue weighted by Gasteiger charge is 2.06. The Morgan fingerprint density at radius 2 is 1.93 bits per heavy atom. The molecule has 0 unspecified atom stereocenters. The number of aliphatic hydroxyl groups is 1. The first kappa shape index (κ1) is 13.0. The molecule has 0 aliphatic heterocycles. The quantitative estimate of drug-likeness (QED) is 0.278. The standard InChI is InChI=1S/C10H18O4/c1-9(13-2)10(12)14-8-6-4-3-5-7-11/h11H,1,3-8H2,2H3. The molecule has 0 atom stereocenters. The number of hydrogen-bond donors (Lipinski definition) is 1. The van der Waals surface area contributed by atoms with Crippen LogP contribution in [-0.4, -0.2) is 31.4 Å². The summed E-state index contributed by atoms with van der Waals surface area (Å²) in [6.07, 6.45) is 3.52. The van der Waals surface area contributed by atoms with Crippen molar-refractivity contribution in [3.05, 3.63) is 12.3 Å². The first-order chi connectivity index (χ1) is 6.72. The molecule has 0 saturated carbocycles. The number of aliphatic hydroxyl groups excluding tert-OH is 1. The molecule has 0 saturated heterocycles. The van der Waals surface area contributed by atoms with Gasteiger partial charge in [0.1, 0.15) is 0 Å². The fraction of sp³-hybridized carbons (Fsp3) is 0.700. The van der Waals surface area contributed by atoms with Crippen molar-refractivity contribution in [1.29, 1.82) is 0 Å². The Morgan fingerprint density at radius 1 is 1.29 bits per heavy atom. The predicted molar refractivity (Wildman–Crippen MR) is 52.7 cm³/mol. The van der Waals surface area contributed by atoms with E-state index in [0.29, 0.717) is 6.61 Å². The van der Waals surface area contributed by atoms with Crippen molar-refractivity contribution >= 4 is 5.97 Å². The van der Waals surface area contributed by atoms with Gasteiger partial charge in [-0.3, -0.25) is 0 Å². The molecule has 0 aliphatic carbocycles. The molecule has 0 heterocycles. The van der Waals surface area contributed by atoms with Gasteiger partial charge in [0.2, 0.25) is 0 Å². The second-order valence-corrected chi connectivity index (χ2v) is 2.90. The van der Waals surface area contributed by atoms with E-state index in [-0.39, 0.29) is 12.4 Å². The van der Waals surface area contributed by atoms with Gasteiger partial charge >= 0.3 is 5.97 Å². The fourth-order valence-electron chi connectivity index (χ4n) is 0.896. The van der Waals surface area contributed by atoms with E-state index in [2.05, 4.69) is 11.3 Å². The van der Waals surface area contributed by atoms with E-state index in [9.17, 15) is 4.79 Å². The monoisotopic (exact) mass is 202 g/mol. The molecule has 0 amide bonds. The summed E-state index contributed by atoms with van der Waals surface area (Å²) in [5, 5.41) is 8.50. The van der Waals surface area contributed by atoms with Crippen LogP contribution in [0.4, 0.5) is 0 Å². The minimum Gasteiger partial charge on any atom is -0.490 e. The van der Waals surface area contributed by atoms with Crippen LogP contribution in [0.2, 0.25) is 0 Å². The minimum absolute atomic E-state index is 0.0281. The zero-order valence-electron chi connectivity index (χ0n) is 8.62. The molecule has 0 aromatic heterocycles. The molecule has 0 aliphatic rings. The Hall–Kier alpha value is -1.03. The van der Waals surface area contributed by atoms with Gasteiger partial charge in [-0.2, -0.15) is 0 Å². The molecule has 0 aromatic carbocycles. The maximum Gasteiger partial charge on any atom is 0.372 e. The van der Waals surface area contributed by atoms with Gasteiger partial charge in [0.15, 0.2) is 5.76 Å². The van der Waals surface area contributed by atoms with Crippen LogP contribution in [0.15, 0.2) is 12.3 Å². The topological polar surface area (TPSA) is 55.8 Å². The first-order valence-corrected chi connectivity index (χ1v) is 4.73. The Labute approximate surface area is 84.5 Å². The molecule has 82 valence electrons. The molecule has 4 nitrogen and oxygen atoms in total. The molecular weight excluding hydrogens is 184 g/mol. The van der Waals surface area contributed by atoms with Crippen molar-refractivity contribution in [3.63, 3.8) is 0 Å². The van der Waals surface area contributed by atoms with Gasteiger partial charge in [0, 0.05) is 6.61 Å². The van der Waals surface area contributed by atoms with E-state index in [4.69, 9.17) is 9.84 Å². The van der Waals surface area contributed by atoms with Crippen LogP contribution >= 0.6 is 0 Å². The second kappa shape index (κ2) is 8.56. The fourth-order valence-corrected chi connectivity index (χ4v) is 0.896. The molecule has 0 bridgehead atoms. The predicted octanol–water partition coefficient (Wildman–Crippen LogP) is 1.24. The Balaban J connectivity index is 3.27. The van der Waals surface area contributed by atoms with Gasteiger partial charge in [-0.1, -0.05) is 6.42 Å². The van der Waals surface area contributed by atoms with Crippen LogP contribution in [0.25, 0.3) is 0 Å². The van der Waals surface area contributed by atoms with Gasteiger partial charge in [-0.25, -0.2) is 4.79 Å². The summed E-state index contributed by atoms with van der Waals surface area (Å²) in [5.41, 5.74) is 0. The number of unbranched alkanes of at least 4 members (excludes halogenated alkanes) is 3. The summed E-state index contributed by atoms with van der Waals surface area (Å²) < 4.78 is 9.45. The van der Waals surface area contributed by atoms with E-state index in [1.54, 1.807) is 0 Å². The maximum atomic E-state index is 11.0. The molecule has 4 heteroatoms. The molecule has 0 fully saturated rings. The van der Waals surface area contributed by atoms with Crippen LogP contribution in [0.1, 0.15) is 25.7 Å². The zero-order valence-corrected chi connectivity index (χ0v) is 8.62. The van der Waals surface area contributed by atoms with Crippen molar-refractivity contribution < 1.29 is 19.4 Å². The van der Waals surface area contributed by atoms with Crippen molar-refractivity contribution in [2.75, 3.05) is 20.3 Å². The minimum atomic E-state index is -0.505. The Kier molecular flexibility index (Phi) is 7.93. The molecule has 0 spiro atoms. The molecule has 0 rings (SSSR count). The van der Waals surface area contributed by atoms with Crippen molar-refractivity contribution in [1.82, 2.24) is 0 Å². The van der Waals surface area contributed by atoms with E-state index < -0.39 is 5.97 Å². The SMILES string of the molecule is C=C(OC)C(=O)OCCCCCCO. The lowest BCUT2D eigenvalue weighted by Crippen LogP contribution is -2.09. The molecule has 1 N–H and O–H groups in total. The third-order valence-electron chi connectivity index (χ3n) is 1.76. The second-order valence-electron chi connectivity index (χ2n) is 2.90. The number of carbonyl (C=O) groups is 1. The van der Waals surface area contributed by atoms with E-state index in [1.807, 2.05) is 0 Å². The summed E-state index contributed by atoms with van der Waals surface area (Å²) >= 11 is 0. The summed E-state index contributed by atoms with van der Waals surface area (Å²) in [4.78, 5) is 11.0. The summed E-state index contributed by atoms with van der Waals surface area (Å²) in [7, 11) is 1.38. The van der Waals surface area contributed by atoms with Crippen molar-refractivity contribution in [2.45, 2.75) is 25.7 Å². The number of esters is 1. The van der Waals surface area contributed by atoms with Crippen LogP contribution < -0.4 is 0 Å². The van der Waals surface area contributed by atoms with Gasteiger partial charge in [-0.15, -0.1) is 0 Å². The lowest BCUT2D eigenvalue weighted by atomic mass is 10.2. The normalized spacial score (nSPS) is 9.57. The molecule has 0 aromatic rings. The average molecular weight is 202 g/mol. The number of carbonyl (C=O) groups excluding carboxylic acids is 1. The van der Waals surface area contributed by atoms with E-state index in [0.717, 1.165) is 25.7 Å². The number of hydrogen-bond acceptors (Lipinski definition) is 4. The summed E-state index contributed by atoms with van der Waals surface area (Å²) in [6, 6.07) is 0. The van der Waals surface area contributed by atoms with E-state index in [1.165, 1.54) is 7.11 Å². The smallest absolute Gasteiger partial charge is 0.372 e. The molecule has 0 radical (unpaired) electrons. The third-order valence-corrected chi connectivity index (χ3v) is 1.76. The highest BCUT2D eigenvalue weighted by Crippen LogP contribution is 2.01. The number of rotatable bonds is 8. The van der Waals surface area contributed by atoms with Gasteiger partial charge < -0.3 is 14.6 Å². The lowest BCUT2D eigenvalue weighted by molar-refractivity contribution is -0.142. The van der Waals surface area contributed by atoms with Crippen LogP contribution in [0.5, 0.6) is 0 Å². The lowest BCUT2D eigenvalue weighted by Gasteiger charge is -2.05. The third kappa shape index (κ3) is 6.48. The van der Waals surface area contributed by atoms with Gasteiger partial charge in [0.25, 0.3) is 0 Å². The van der Waals surface area contributed by atoms with Crippen molar-refractivity contribution in [3.8, 4) is 0 Å². The molecule has 14 heavy (non-hydrogen) atoms. The number of methoxy groups -OCH3 is 1. The van der Waals surface area contributed by atoms with E-state index >= 15 is 0 Å². The molecular formula is C10H18O4.